The number of fused-ring (bicyclic) bond motifs is 1. The normalized spacial score (nSPS) is 10.5. The summed E-state index contributed by atoms with van der Waals surface area (Å²) in [5.41, 5.74) is 1.44. The number of anilines is 1. The van der Waals surface area contributed by atoms with Crippen LogP contribution >= 0.6 is 11.6 Å². The van der Waals surface area contributed by atoms with Crippen molar-refractivity contribution in [2.75, 3.05) is 18.1 Å². The van der Waals surface area contributed by atoms with Gasteiger partial charge in [-0.2, -0.15) is 5.26 Å². The zero-order valence-corrected chi connectivity index (χ0v) is 18.1. The maximum absolute atomic E-state index is 12.7. The van der Waals surface area contributed by atoms with Crippen LogP contribution in [0, 0.1) is 18.3 Å². The molecule has 0 radical (unpaired) electrons. The van der Waals surface area contributed by atoms with E-state index in [0.29, 0.717) is 21.6 Å². The van der Waals surface area contributed by atoms with E-state index in [1.807, 2.05) is 6.07 Å². The lowest BCUT2D eigenvalue weighted by Crippen LogP contribution is -2.35. The number of amides is 1. The fourth-order valence-electron chi connectivity index (χ4n) is 3.02. The summed E-state index contributed by atoms with van der Waals surface area (Å²) in [5, 5.41) is 17.6. The highest BCUT2D eigenvalue weighted by molar-refractivity contribution is 6.31. The van der Waals surface area contributed by atoms with Gasteiger partial charge >= 0.3 is 5.97 Å². The molecule has 0 atom stereocenters. The van der Waals surface area contributed by atoms with Crippen LogP contribution in [0.4, 0.5) is 5.69 Å². The molecule has 3 aromatic rings. The Morgan fingerprint density at radius 3 is 2.78 bits per heavy atom. The van der Waals surface area contributed by atoms with Crippen molar-refractivity contribution < 1.29 is 14.3 Å². The van der Waals surface area contributed by atoms with Gasteiger partial charge in [0, 0.05) is 17.3 Å². The zero-order chi connectivity index (χ0) is 23.1. The predicted molar refractivity (Wildman–Crippen MR) is 118 cm³/mol. The van der Waals surface area contributed by atoms with Crippen LogP contribution < -0.4 is 10.5 Å². The lowest BCUT2D eigenvalue weighted by molar-refractivity contribution is -0.148. The van der Waals surface area contributed by atoms with Gasteiger partial charge in [0.2, 0.25) is 0 Å². The molecule has 0 spiro atoms. The van der Waals surface area contributed by atoms with Crippen molar-refractivity contribution in [3.63, 3.8) is 0 Å². The van der Waals surface area contributed by atoms with Crippen molar-refractivity contribution in [2.24, 2.45) is 0 Å². The van der Waals surface area contributed by atoms with E-state index in [0.717, 1.165) is 10.2 Å². The van der Waals surface area contributed by atoms with Crippen LogP contribution in [0.2, 0.25) is 5.02 Å². The van der Waals surface area contributed by atoms with Crippen molar-refractivity contribution in [1.29, 1.82) is 5.26 Å². The Hall–Kier alpha value is -3.77. The van der Waals surface area contributed by atoms with Crippen LogP contribution in [0.5, 0.6) is 0 Å². The Kier molecular flexibility index (Phi) is 7.52. The van der Waals surface area contributed by atoms with Crippen LogP contribution in [-0.4, -0.2) is 40.0 Å². The fourth-order valence-corrected chi connectivity index (χ4v) is 3.13. The Morgan fingerprint density at radius 2 is 2.03 bits per heavy atom. The molecule has 164 valence electrons. The first-order chi connectivity index (χ1) is 15.4. The molecule has 0 N–H and O–H groups in total. The van der Waals surface area contributed by atoms with Gasteiger partial charge in [-0.3, -0.25) is 14.4 Å². The Balaban J connectivity index is 1.60. The highest BCUT2D eigenvalue weighted by Gasteiger charge is 2.18. The molecule has 10 heteroatoms. The second-order valence-electron chi connectivity index (χ2n) is 6.93. The fraction of sp³-hybridized carbons (Fsp3) is 0.273. The third-order valence-electron chi connectivity index (χ3n) is 4.72. The van der Waals surface area contributed by atoms with Gasteiger partial charge < -0.3 is 9.64 Å². The predicted octanol–water partition coefficient (Wildman–Crippen LogP) is 2.63. The number of esters is 1. The highest BCUT2D eigenvalue weighted by atomic mass is 35.5. The maximum Gasteiger partial charge on any atom is 0.308 e. The second kappa shape index (κ2) is 10.5. The molecule has 32 heavy (non-hydrogen) atoms. The zero-order valence-electron chi connectivity index (χ0n) is 17.3. The summed E-state index contributed by atoms with van der Waals surface area (Å²) in [5.74, 6) is -1.13. The molecular formula is C22H20ClN5O4. The molecule has 0 aliphatic heterocycles. The number of nitrogens with zero attached hydrogens (tertiary/aromatic N) is 5. The van der Waals surface area contributed by atoms with E-state index in [4.69, 9.17) is 21.6 Å². The van der Waals surface area contributed by atoms with Gasteiger partial charge in [-0.1, -0.05) is 28.9 Å². The van der Waals surface area contributed by atoms with Crippen LogP contribution in [0.1, 0.15) is 18.4 Å². The molecule has 3 rings (SSSR count). The number of rotatable bonds is 8. The summed E-state index contributed by atoms with van der Waals surface area (Å²) in [6.45, 7) is 1.43. The van der Waals surface area contributed by atoms with Gasteiger partial charge in [0.1, 0.15) is 5.52 Å². The van der Waals surface area contributed by atoms with Crippen molar-refractivity contribution in [2.45, 2.75) is 26.3 Å². The number of ether oxygens (including phenoxy) is 1. The Labute approximate surface area is 188 Å². The number of aryl methyl sites for hydroxylation is 2. The average Bonchev–Trinajstić information content (AvgIpc) is 2.80. The Bertz CT molecular complexity index is 1250. The topological polar surface area (TPSA) is 118 Å². The number of aromatic nitrogens is 3. The molecule has 0 aliphatic rings. The van der Waals surface area contributed by atoms with E-state index in [1.54, 1.807) is 49.4 Å². The molecule has 0 saturated carbocycles. The minimum absolute atomic E-state index is 0.0295. The van der Waals surface area contributed by atoms with Crippen LogP contribution in [-0.2, 0) is 20.9 Å². The number of benzene rings is 2. The molecular weight excluding hydrogens is 434 g/mol. The molecule has 0 aliphatic carbocycles. The molecule has 0 fully saturated rings. The van der Waals surface area contributed by atoms with E-state index in [1.165, 1.54) is 4.90 Å². The summed E-state index contributed by atoms with van der Waals surface area (Å²) in [4.78, 5) is 38.6. The molecule has 2 aromatic carbocycles. The summed E-state index contributed by atoms with van der Waals surface area (Å²) in [7, 11) is 0. The van der Waals surface area contributed by atoms with Crippen molar-refractivity contribution in [3.8, 4) is 6.07 Å². The summed E-state index contributed by atoms with van der Waals surface area (Å²) < 4.78 is 6.17. The molecule has 0 bridgehead atoms. The number of hydrogen-bond donors (Lipinski definition) is 0. The second-order valence-corrected chi connectivity index (χ2v) is 7.34. The van der Waals surface area contributed by atoms with Crippen molar-refractivity contribution >= 4 is 40.1 Å². The molecule has 1 heterocycles. The molecule has 1 aromatic heterocycles. The van der Waals surface area contributed by atoms with Gasteiger partial charge in [-0.05, 0) is 42.8 Å². The van der Waals surface area contributed by atoms with Gasteiger partial charge in [-0.15, -0.1) is 5.10 Å². The third kappa shape index (κ3) is 5.47. The number of nitriles is 1. The standard InChI is InChI=1S/C22H20ClN5O4/c1-15-13-16(7-8-18(15)23)27(11-4-10-24)20(29)14-32-21(30)9-12-28-22(31)17-5-2-3-6-19(17)25-26-28/h2-3,5-8,13H,4,9,11-12,14H2,1H3. The van der Waals surface area contributed by atoms with Gasteiger partial charge in [0.25, 0.3) is 11.5 Å². The summed E-state index contributed by atoms with van der Waals surface area (Å²) >= 11 is 6.04. The molecule has 0 unspecified atom stereocenters. The quantitative estimate of drug-likeness (QED) is 0.481. The minimum atomic E-state index is -0.660. The monoisotopic (exact) mass is 453 g/mol. The van der Waals surface area contributed by atoms with E-state index < -0.39 is 18.5 Å². The SMILES string of the molecule is Cc1cc(N(CCC#N)C(=O)COC(=O)CCn2nnc3ccccc3c2=O)ccc1Cl. The highest BCUT2D eigenvalue weighted by Crippen LogP contribution is 2.23. The first kappa shape index (κ1) is 22.9. The first-order valence-electron chi connectivity index (χ1n) is 9.82. The third-order valence-corrected chi connectivity index (χ3v) is 5.14. The van der Waals surface area contributed by atoms with Gasteiger partial charge in [0.05, 0.1) is 30.8 Å². The van der Waals surface area contributed by atoms with Crippen LogP contribution in [0.15, 0.2) is 47.3 Å². The Morgan fingerprint density at radius 1 is 1.25 bits per heavy atom. The van der Waals surface area contributed by atoms with E-state index in [-0.39, 0.29) is 31.5 Å². The van der Waals surface area contributed by atoms with E-state index in [2.05, 4.69) is 10.3 Å². The summed E-state index contributed by atoms with van der Waals surface area (Å²) in [6.07, 6.45) is -0.0383. The number of hydrogen-bond acceptors (Lipinski definition) is 7. The van der Waals surface area contributed by atoms with Crippen molar-refractivity contribution in [1.82, 2.24) is 15.0 Å². The first-order valence-corrected chi connectivity index (χ1v) is 10.2. The lowest BCUT2D eigenvalue weighted by atomic mass is 10.2. The number of halogens is 1. The van der Waals surface area contributed by atoms with Gasteiger partial charge in [-0.25, -0.2) is 4.68 Å². The van der Waals surface area contributed by atoms with Crippen molar-refractivity contribution in [3.05, 3.63) is 63.4 Å². The lowest BCUT2D eigenvalue weighted by Gasteiger charge is -2.22. The minimum Gasteiger partial charge on any atom is -0.455 e. The number of carbonyl (C=O) groups is 2. The maximum atomic E-state index is 12.7. The molecule has 1 amide bonds. The summed E-state index contributed by atoms with van der Waals surface area (Å²) in [6, 6.07) is 13.8. The molecule has 0 saturated heterocycles. The smallest absolute Gasteiger partial charge is 0.308 e. The average molecular weight is 454 g/mol. The van der Waals surface area contributed by atoms with E-state index in [9.17, 15) is 14.4 Å². The number of carbonyl (C=O) groups excluding carboxylic acids is 2. The van der Waals surface area contributed by atoms with E-state index >= 15 is 0 Å². The largest absolute Gasteiger partial charge is 0.455 e. The van der Waals surface area contributed by atoms with Crippen LogP contribution in [0.3, 0.4) is 0 Å². The van der Waals surface area contributed by atoms with Gasteiger partial charge in [0.15, 0.2) is 6.61 Å². The molecule has 9 nitrogen and oxygen atoms in total. The van der Waals surface area contributed by atoms with Crippen LogP contribution in [0.25, 0.3) is 10.9 Å².